The highest BCUT2D eigenvalue weighted by Gasteiger charge is 2.62. The van der Waals surface area contributed by atoms with E-state index in [0.29, 0.717) is 5.69 Å². The number of para-hydroxylation sites is 1. The molecule has 138 valence electrons. The standard InChI is InChI=1S/C21H20BrN3O2/c1-13-7-9-14(10-8-13)18-17-19(24-12-4-11-23(18)24)21(27)25(20(17)26)16-6-3-2-5-15(16)22/h2-3,5-10,17-19H,4,11-12H2,1H3/t17-,18-,19-/m0/s1. The van der Waals surface area contributed by atoms with Crippen molar-refractivity contribution in [3.05, 3.63) is 64.1 Å². The Bertz CT molecular complexity index is 929. The van der Waals surface area contributed by atoms with Gasteiger partial charge in [-0.1, -0.05) is 42.0 Å². The fourth-order valence-corrected chi connectivity index (χ4v) is 5.21. The first kappa shape index (κ1) is 17.1. The smallest absolute Gasteiger partial charge is 0.253 e. The van der Waals surface area contributed by atoms with E-state index in [1.807, 2.05) is 24.3 Å². The minimum absolute atomic E-state index is 0.0814. The van der Waals surface area contributed by atoms with Crippen molar-refractivity contribution in [1.29, 1.82) is 0 Å². The average Bonchev–Trinajstić information content (AvgIpc) is 3.30. The number of rotatable bonds is 2. The molecule has 0 bridgehead atoms. The summed E-state index contributed by atoms with van der Waals surface area (Å²) in [6, 6.07) is 15.3. The highest BCUT2D eigenvalue weighted by atomic mass is 79.9. The van der Waals surface area contributed by atoms with Crippen LogP contribution in [0.5, 0.6) is 0 Å². The van der Waals surface area contributed by atoms with Crippen LogP contribution in [0.4, 0.5) is 5.69 Å². The first-order valence-electron chi connectivity index (χ1n) is 9.30. The molecular weight excluding hydrogens is 406 g/mol. The summed E-state index contributed by atoms with van der Waals surface area (Å²) in [6.07, 6.45) is 1.02. The quantitative estimate of drug-likeness (QED) is 0.692. The predicted octanol–water partition coefficient (Wildman–Crippen LogP) is 3.29. The molecule has 0 spiro atoms. The van der Waals surface area contributed by atoms with Crippen LogP contribution in [0.3, 0.4) is 0 Å². The maximum atomic E-state index is 13.5. The van der Waals surface area contributed by atoms with Gasteiger partial charge in [0, 0.05) is 17.6 Å². The maximum Gasteiger partial charge on any atom is 0.253 e. The molecule has 0 N–H and O–H groups in total. The van der Waals surface area contributed by atoms with Crippen molar-refractivity contribution in [3.63, 3.8) is 0 Å². The van der Waals surface area contributed by atoms with Gasteiger partial charge in [0.25, 0.3) is 5.91 Å². The van der Waals surface area contributed by atoms with Gasteiger partial charge in [0.15, 0.2) is 0 Å². The van der Waals surface area contributed by atoms with Crippen LogP contribution in [-0.4, -0.2) is 41.0 Å². The van der Waals surface area contributed by atoms with Crippen LogP contribution in [0.1, 0.15) is 23.6 Å². The summed E-state index contributed by atoms with van der Waals surface area (Å²) in [5, 5.41) is 4.37. The summed E-state index contributed by atoms with van der Waals surface area (Å²) in [6.45, 7) is 3.77. The summed E-state index contributed by atoms with van der Waals surface area (Å²) in [4.78, 5) is 28.2. The van der Waals surface area contributed by atoms with E-state index in [0.717, 1.165) is 29.5 Å². The molecular formula is C21H20BrN3O2. The van der Waals surface area contributed by atoms with Gasteiger partial charge in [-0.2, -0.15) is 0 Å². The molecule has 3 aliphatic heterocycles. The Hall–Kier alpha value is -2.02. The van der Waals surface area contributed by atoms with Crippen LogP contribution in [0, 0.1) is 12.8 Å². The summed E-state index contributed by atoms with van der Waals surface area (Å²) < 4.78 is 0.761. The van der Waals surface area contributed by atoms with E-state index in [-0.39, 0.29) is 23.8 Å². The van der Waals surface area contributed by atoms with E-state index < -0.39 is 6.04 Å². The van der Waals surface area contributed by atoms with Crippen LogP contribution in [0.15, 0.2) is 53.0 Å². The number of hydrogen-bond donors (Lipinski definition) is 0. The van der Waals surface area contributed by atoms with Gasteiger partial charge < -0.3 is 0 Å². The summed E-state index contributed by atoms with van der Waals surface area (Å²) in [5.74, 6) is -0.581. The Kier molecular flexibility index (Phi) is 3.96. The molecule has 2 amide bonds. The van der Waals surface area contributed by atoms with Crippen LogP contribution in [-0.2, 0) is 9.59 Å². The Morgan fingerprint density at radius 1 is 0.889 bits per heavy atom. The fraction of sp³-hybridized carbons (Fsp3) is 0.333. The molecule has 2 aromatic carbocycles. The third-order valence-corrected chi connectivity index (χ3v) is 6.59. The Morgan fingerprint density at radius 3 is 2.26 bits per heavy atom. The molecule has 3 heterocycles. The van der Waals surface area contributed by atoms with E-state index in [1.165, 1.54) is 10.5 Å². The van der Waals surface area contributed by atoms with Crippen molar-refractivity contribution >= 4 is 33.4 Å². The largest absolute Gasteiger partial charge is 0.274 e. The lowest BCUT2D eigenvalue weighted by molar-refractivity contribution is -0.126. The predicted molar refractivity (Wildman–Crippen MR) is 106 cm³/mol. The van der Waals surface area contributed by atoms with Crippen molar-refractivity contribution in [1.82, 2.24) is 10.0 Å². The molecule has 5 nitrogen and oxygen atoms in total. The summed E-state index contributed by atoms with van der Waals surface area (Å²) in [7, 11) is 0. The van der Waals surface area contributed by atoms with E-state index in [1.54, 1.807) is 0 Å². The number of hydrazine groups is 1. The number of fused-ring (bicyclic) bond motifs is 3. The van der Waals surface area contributed by atoms with Gasteiger partial charge in [0.2, 0.25) is 5.91 Å². The maximum absolute atomic E-state index is 13.5. The number of hydrogen-bond acceptors (Lipinski definition) is 4. The molecule has 3 aliphatic rings. The van der Waals surface area contributed by atoms with Crippen molar-refractivity contribution < 1.29 is 9.59 Å². The van der Waals surface area contributed by atoms with Crippen molar-refractivity contribution in [2.75, 3.05) is 18.0 Å². The molecule has 0 unspecified atom stereocenters. The molecule has 0 radical (unpaired) electrons. The summed E-state index contributed by atoms with van der Waals surface area (Å²) in [5.41, 5.74) is 2.93. The second kappa shape index (κ2) is 6.26. The Labute approximate surface area is 166 Å². The average molecular weight is 426 g/mol. The highest BCUT2D eigenvalue weighted by Crippen LogP contribution is 2.49. The molecule has 3 saturated heterocycles. The number of halogens is 1. The van der Waals surface area contributed by atoms with Gasteiger partial charge in [-0.15, -0.1) is 0 Å². The zero-order chi connectivity index (χ0) is 18.7. The Balaban J connectivity index is 1.60. The number of nitrogens with zero attached hydrogens (tertiary/aromatic N) is 3. The van der Waals surface area contributed by atoms with E-state index in [9.17, 15) is 9.59 Å². The third kappa shape index (κ3) is 2.43. The molecule has 6 heteroatoms. The van der Waals surface area contributed by atoms with E-state index in [2.05, 4.69) is 57.1 Å². The summed E-state index contributed by atoms with van der Waals surface area (Å²) >= 11 is 3.50. The number of amides is 2. The fourth-order valence-electron chi connectivity index (χ4n) is 4.75. The number of carbonyl (C=O) groups excluding carboxylic acids is 2. The van der Waals surface area contributed by atoms with Gasteiger partial charge in [0.05, 0.1) is 17.6 Å². The Morgan fingerprint density at radius 2 is 1.56 bits per heavy atom. The highest BCUT2D eigenvalue weighted by molar-refractivity contribution is 9.10. The second-order valence-electron chi connectivity index (χ2n) is 7.47. The molecule has 2 aromatic rings. The molecule has 3 fully saturated rings. The van der Waals surface area contributed by atoms with Crippen LogP contribution >= 0.6 is 15.9 Å². The molecule has 3 atom stereocenters. The van der Waals surface area contributed by atoms with Crippen molar-refractivity contribution in [2.24, 2.45) is 5.92 Å². The lowest BCUT2D eigenvalue weighted by Crippen LogP contribution is -2.44. The van der Waals surface area contributed by atoms with Crippen LogP contribution in [0.2, 0.25) is 0 Å². The molecule has 0 saturated carbocycles. The van der Waals surface area contributed by atoms with Gasteiger partial charge >= 0.3 is 0 Å². The number of anilines is 1. The molecule has 0 aliphatic carbocycles. The van der Waals surface area contributed by atoms with Crippen molar-refractivity contribution in [2.45, 2.75) is 25.4 Å². The lowest BCUT2D eigenvalue weighted by Gasteiger charge is -2.30. The second-order valence-corrected chi connectivity index (χ2v) is 8.32. The topological polar surface area (TPSA) is 43.9 Å². The van der Waals surface area contributed by atoms with E-state index in [4.69, 9.17) is 0 Å². The number of imide groups is 1. The first-order chi connectivity index (χ1) is 13.1. The number of benzene rings is 2. The van der Waals surface area contributed by atoms with Crippen LogP contribution in [0.25, 0.3) is 0 Å². The molecule has 27 heavy (non-hydrogen) atoms. The van der Waals surface area contributed by atoms with Gasteiger partial charge in [0.1, 0.15) is 6.04 Å². The third-order valence-electron chi connectivity index (χ3n) is 5.92. The normalized spacial score (nSPS) is 28.1. The number of carbonyl (C=O) groups is 2. The zero-order valence-corrected chi connectivity index (χ0v) is 16.6. The van der Waals surface area contributed by atoms with Crippen LogP contribution < -0.4 is 4.90 Å². The van der Waals surface area contributed by atoms with E-state index >= 15 is 0 Å². The van der Waals surface area contributed by atoms with Gasteiger partial charge in [-0.05, 0) is 47.0 Å². The number of aryl methyl sites for hydroxylation is 1. The SMILES string of the molecule is Cc1ccc([C@H]2[C@@H]3C(=O)N(c4ccccc4Br)C(=O)[C@H]3N3CCCN23)cc1. The van der Waals surface area contributed by atoms with Gasteiger partial charge in [-0.3, -0.25) is 9.59 Å². The zero-order valence-electron chi connectivity index (χ0n) is 15.0. The first-order valence-corrected chi connectivity index (χ1v) is 10.1. The van der Waals surface area contributed by atoms with Crippen molar-refractivity contribution in [3.8, 4) is 0 Å². The lowest BCUT2D eigenvalue weighted by atomic mass is 9.89. The minimum Gasteiger partial charge on any atom is -0.274 e. The molecule has 0 aromatic heterocycles. The minimum atomic E-state index is -0.404. The monoisotopic (exact) mass is 425 g/mol. The van der Waals surface area contributed by atoms with Gasteiger partial charge in [-0.25, -0.2) is 14.9 Å². The molecule has 5 rings (SSSR count).